The molecular formula is C8H13N3O. The van der Waals surface area contributed by atoms with Gasteiger partial charge in [-0.25, -0.2) is 0 Å². The van der Waals surface area contributed by atoms with Gasteiger partial charge < -0.3 is 5.32 Å². The summed E-state index contributed by atoms with van der Waals surface area (Å²) in [6.07, 6.45) is 0.654. The fourth-order valence-corrected chi connectivity index (χ4v) is 0.967. The summed E-state index contributed by atoms with van der Waals surface area (Å²) < 4.78 is 1.66. The van der Waals surface area contributed by atoms with Crippen molar-refractivity contribution in [2.45, 2.75) is 19.8 Å². The second-order valence-electron chi connectivity index (χ2n) is 2.99. The van der Waals surface area contributed by atoms with Gasteiger partial charge in [-0.15, -0.1) is 0 Å². The van der Waals surface area contributed by atoms with Crippen LogP contribution < -0.4 is 5.32 Å². The number of hydrogen-bond donors (Lipinski definition) is 1. The first kappa shape index (κ1) is 8.77. The maximum absolute atomic E-state index is 10.2. The summed E-state index contributed by atoms with van der Waals surface area (Å²) in [5.74, 6) is 1.12. The van der Waals surface area contributed by atoms with E-state index in [1.807, 2.05) is 6.07 Å². The van der Waals surface area contributed by atoms with E-state index >= 15 is 0 Å². The summed E-state index contributed by atoms with van der Waals surface area (Å²) in [7, 11) is 1.80. The zero-order valence-corrected chi connectivity index (χ0v) is 7.53. The van der Waals surface area contributed by atoms with Crippen LogP contribution in [0.25, 0.3) is 0 Å². The van der Waals surface area contributed by atoms with Crippen molar-refractivity contribution in [1.82, 2.24) is 9.78 Å². The lowest BCUT2D eigenvalue weighted by molar-refractivity contribution is -0.105. The number of anilines is 1. The molecule has 1 heterocycles. The van der Waals surface area contributed by atoms with Gasteiger partial charge in [-0.05, 0) is 5.92 Å². The molecule has 1 N–H and O–H groups in total. The van der Waals surface area contributed by atoms with Crippen LogP contribution in [0.3, 0.4) is 0 Å². The largest absolute Gasteiger partial charge is 0.314 e. The predicted octanol–water partition coefficient (Wildman–Crippen LogP) is 1.11. The highest BCUT2D eigenvalue weighted by Gasteiger charge is 2.06. The van der Waals surface area contributed by atoms with Gasteiger partial charge >= 0.3 is 0 Å². The molecule has 12 heavy (non-hydrogen) atoms. The molecule has 4 nitrogen and oxygen atoms in total. The van der Waals surface area contributed by atoms with Crippen molar-refractivity contribution in [1.29, 1.82) is 0 Å². The van der Waals surface area contributed by atoms with Gasteiger partial charge in [0.1, 0.15) is 5.82 Å². The average Bonchev–Trinajstić information content (AvgIpc) is 2.34. The zero-order valence-electron chi connectivity index (χ0n) is 7.53. The van der Waals surface area contributed by atoms with Crippen molar-refractivity contribution in [3.63, 3.8) is 0 Å². The van der Waals surface area contributed by atoms with Gasteiger partial charge in [0, 0.05) is 13.1 Å². The van der Waals surface area contributed by atoms with E-state index in [0.29, 0.717) is 12.3 Å². The first-order chi connectivity index (χ1) is 5.65. The quantitative estimate of drug-likeness (QED) is 0.685. The summed E-state index contributed by atoms with van der Waals surface area (Å²) in [5, 5.41) is 6.80. The van der Waals surface area contributed by atoms with E-state index in [9.17, 15) is 4.79 Å². The second kappa shape index (κ2) is 3.38. The molecule has 1 rings (SSSR count). The van der Waals surface area contributed by atoms with Gasteiger partial charge in [0.05, 0.1) is 5.69 Å². The molecule has 0 saturated carbocycles. The third-order valence-corrected chi connectivity index (χ3v) is 1.70. The fourth-order valence-electron chi connectivity index (χ4n) is 0.967. The average molecular weight is 167 g/mol. The van der Waals surface area contributed by atoms with E-state index in [2.05, 4.69) is 24.3 Å². The molecule has 0 spiro atoms. The minimum Gasteiger partial charge on any atom is -0.314 e. The SMILES string of the molecule is CC(C)c1cc(NC=O)n(C)n1. The van der Waals surface area contributed by atoms with Crippen LogP contribution in [0.4, 0.5) is 5.82 Å². The van der Waals surface area contributed by atoms with E-state index in [1.165, 1.54) is 0 Å². The lowest BCUT2D eigenvalue weighted by atomic mass is 10.1. The Morgan fingerprint density at radius 3 is 2.75 bits per heavy atom. The summed E-state index contributed by atoms with van der Waals surface area (Å²) in [5.41, 5.74) is 0.988. The van der Waals surface area contributed by atoms with Gasteiger partial charge in [0.2, 0.25) is 6.41 Å². The van der Waals surface area contributed by atoms with Crippen LogP contribution in [-0.4, -0.2) is 16.2 Å². The molecule has 66 valence electrons. The zero-order chi connectivity index (χ0) is 9.14. The van der Waals surface area contributed by atoms with Gasteiger partial charge in [-0.2, -0.15) is 5.10 Å². The Balaban J connectivity index is 2.91. The first-order valence-corrected chi connectivity index (χ1v) is 3.89. The minimum absolute atomic E-state index is 0.387. The molecule has 1 aromatic rings. The van der Waals surface area contributed by atoms with Crippen LogP contribution >= 0.6 is 0 Å². The number of carbonyl (C=O) groups is 1. The Morgan fingerprint density at radius 1 is 1.67 bits per heavy atom. The minimum atomic E-state index is 0.387. The molecule has 1 amide bonds. The van der Waals surface area contributed by atoms with Crippen LogP contribution in [0.15, 0.2) is 6.07 Å². The molecule has 0 bridgehead atoms. The maximum Gasteiger partial charge on any atom is 0.212 e. The van der Waals surface area contributed by atoms with Gasteiger partial charge in [0.15, 0.2) is 0 Å². The number of aryl methyl sites for hydroxylation is 1. The smallest absolute Gasteiger partial charge is 0.212 e. The van der Waals surface area contributed by atoms with Crippen molar-refractivity contribution >= 4 is 12.2 Å². The molecule has 0 atom stereocenters. The molecule has 0 aliphatic carbocycles. The first-order valence-electron chi connectivity index (χ1n) is 3.89. The number of rotatable bonds is 3. The molecule has 0 radical (unpaired) electrons. The number of nitrogens with one attached hydrogen (secondary N) is 1. The summed E-state index contributed by atoms with van der Waals surface area (Å²) in [6, 6.07) is 1.87. The third-order valence-electron chi connectivity index (χ3n) is 1.70. The highest BCUT2D eigenvalue weighted by Crippen LogP contribution is 2.16. The van der Waals surface area contributed by atoms with E-state index in [4.69, 9.17) is 0 Å². The van der Waals surface area contributed by atoms with Crippen molar-refractivity contribution in [3.8, 4) is 0 Å². The van der Waals surface area contributed by atoms with Crippen LogP contribution in [0.1, 0.15) is 25.5 Å². The standard InChI is InChI=1S/C8H13N3O/c1-6(2)7-4-8(9-5-12)11(3)10-7/h4-6H,1-3H3,(H,9,12). The van der Waals surface area contributed by atoms with Crippen molar-refractivity contribution in [2.75, 3.05) is 5.32 Å². The Kier molecular flexibility index (Phi) is 2.47. The van der Waals surface area contributed by atoms with E-state index in [1.54, 1.807) is 11.7 Å². The maximum atomic E-state index is 10.2. The fraction of sp³-hybridized carbons (Fsp3) is 0.500. The molecule has 1 aromatic heterocycles. The lowest BCUT2D eigenvalue weighted by Crippen LogP contribution is -2.01. The molecule has 0 aliphatic rings. The van der Waals surface area contributed by atoms with Crippen LogP contribution in [0, 0.1) is 0 Å². The monoisotopic (exact) mass is 167 g/mol. The number of aromatic nitrogens is 2. The van der Waals surface area contributed by atoms with Crippen LogP contribution in [-0.2, 0) is 11.8 Å². The van der Waals surface area contributed by atoms with Crippen molar-refractivity contribution in [3.05, 3.63) is 11.8 Å². The predicted molar refractivity (Wildman–Crippen MR) is 47.0 cm³/mol. The van der Waals surface area contributed by atoms with Crippen LogP contribution in [0.5, 0.6) is 0 Å². The molecule has 4 heteroatoms. The molecule has 0 unspecified atom stereocenters. The molecule has 0 aromatic carbocycles. The Labute approximate surface area is 71.6 Å². The molecular weight excluding hydrogens is 154 g/mol. The number of nitrogens with zero attached hydrogens (tertiary/aromatic N) is 2. The van der Waals surface area contributed by atoms with Crippen molar-refractivity contribution in [2.24, 2.45) is 7.05 Å². The van der Waals surface area contributed by atoms with E-state index in [-0.39, 0.29) is 0 Å². The number of hydrogen-bond acceptors (Lipinski definition) is 2. The normalized spacial score (nSPS) is 10.3. The van der Waals surface area contributed by atoms with E-state index in [0.717, 1.165) is 11.5 Å². The highest BCUT2D eigenvalue weighted by atomic mass is 16.1. The Hall–Kier alpha value is -1.32. The van der Waals surface area contributed by atoms with Gasteiger partial charge in [-0.1, -0.05) is 13.8 Å². The number of carbonyl (C=O) groups excluding carboxylic acids is 1. The Bertz CT molecular complexity index is 278. The van der Waals surface area contributed by atoms with Crippen LogP contribution in [0.2, 0.25) is 0 Å². The molecule has 0 saturated heterocycles. The number of amides is 1. The van der Waals surface area contributed by atoms with E-state index < -0.39 is 0 Å². The summed E-state index contributed by atoms with van der Waals surface area (Å²) in [6.45, 7) is 4.13. The van der Waals surface area contributed by atoms with Gasteiger partial charge in [-0.3, -0.25) is 9.48 Å². The Morgan fingerprint density at radius 2 is 2.33 bits per heavy atom. The lowest BCUT2D eigenvalue weighted by Gasteiger charge is -1.95. The van der Waals surface area contributed by atoms with Crippen molar-refractivity contribution < 1.29 is 4.79 Å². The highest BCUT2D eigenvalue weighted by molar-refractivity contribution is 5.69. The second-order valence-corrected chi connectivity index (χ2v) is 2.99. The topological polar surface area (TPSA) is 46.9 Å². The third kappa shape index (κ3) is 1.64. The summed E-state index contributed by atoms with van der Waals surface area (Å²) >= 11 is 0. The molecule has 0 fully saturated rings. The molecule has 0 aliphatic heterocycles. The van der Waals surface area contributed by atoms with Gasteiger partial charge in [0.25, 0.3) is 0 Å². The summed E-state index contributed by atoms with van der Waals surface area (Å²) in [4.78, 5) is 10.2.